The van der Waals surface area contributed by atoms with E-state index in [9.17, 15) is 0 Å². The highest BCUT2D eigenvalue weighted by Gasteiger charge is 2.08. The Kier molecular flexibility index (Phi) is 7.97. The van der Waals surface area contributed by atoms with Gasteiger partial charge < -0.3 is 10.6 Å². The van der Waals surface area contributed by atoms with Crippen molar-refractivity contribution >= 4 is 17.3 Å². The fraction of sp³-hybridized carbons (Fsp3) is 0.625. The van der Waals surface area contributed by atoms with E-state index in [1.54, 1.807) is 0 Å². The van der Waals surface area contributed by atoms with Gasteiger partial charge in [-0.05, 0) is 56.8 Å². The predicted octanol–water partition coefficient (Wildman–Crippen LogP) is 3.48. The van der Waals surface area contributed by atoms with Crippen molar-refractivity contribution in [2.75, 3.05) is 38.5 Å². The van der Waals surface area contributed by atoms with Gasteiger partial charge in [-0.3, -0.25) is 4.90 Å². The van der Waals surface area contributed by atoms with E-state index in [0.717, 1.165) is 49.0 Å². The number of hydrogen-bond donors (Lipinski definition) is 1. The summed E-state index contributed by atoms with van der Waals surface area (Å²) < 4.78 is 0. The molecule has 1 aromatic rings. The highest BCUT2D eigenvalue weighted by molar-refractivity contribution is 6.31. The summed E-state index contributed by atoms with van der Waals surface area (Å²) in [5.74, 6) is 0. The highest BCUT2D eigenvalue weighted by Crippen LogP contribution is 2.20. The smallest absolute Gasteiger partial charge is 0.0471 e. The maximum atomic E-state index is 6.25. The van der Waals surface area contributed by atoms with Crippen LogP contribution in [0.1, 0.15) is 32.8 Å². The van der Waals surface area contributed by atoms with Crippen molar-refractivity contribution < 1.29 is 0 Å². The molecule has 0 spiro atoms. The third-order valence-corrected chi connectivity index (χ3v) is 4.11. The molecule has 0 fully saturated rings. The van der Waals surface area contributed by atoms with Gasteiger partial charge in [-0.15, -0.1) is 0 Å². The molecule has 20 heavy (non-hydrogen) atoms. The van der Waals surface area contributed by atoms with E-state index in [-0.39, 0.29) is 0 Å². The van der Waals surface area contributed by atoms with Gasteiger partial charge in [-0.2, -0.15) is 0 Å². The number of nitrogens with two attached hydrogens (primary N) is 1. The van der Waals surface area contributed by atoms with E-state index in [1.165, 1.54) is 13.0 Å². The Bertz CT molecular complexity index is 391. The summed E-state index contributed by atoms with van der Waals surface area (Å²) in [5.41, 5.74) is 7.61. The monoisotopic (exact) mass is 297 g/mol. The van der Waals surface area contributed by atoms with E-state index in [4.69, 9.17) is 17.3 Å². The average Bonchev–Trinajstić information content (AvgIpc) is 2.44. The van der Waals surface area contributed by atoms with Crippen LogP contribution in [0.3, 0.4) is 0 Å². The van der Waals surface area contributed by atoms with Crippen molar-refractivity contribution in [3.8, 4) is 0 Å². The van der Waals surface area contributed by atoms with Crippen LogP contribution in [0.4, 0.5) is 5.69 Å². The lowest BCUT2D eigenvalue weighted by atomic mass is 10.2. The molecule has 0 saturated carbocycles. The number of anilines is 1. The van der Waals surface area contributed by atoms with Gasteiger partial charge >= 0.3 is 0 Å². The van der Waals surface area contributed by atoms with Crippen molar-refractivity contribution in [2.45, 2.75) is 33.7 Å². The maximum absolute atomic E-state index is 6.25. The molecule has 0 aliphatic heterocycles. The molecular weight excluding hydrogens is 270 g/mol. The summed E-state index contributed by atoms with van der Waals surface area (Å²) in [5, 5.41) is 0.771. The summed E-state index contributed by atoms with van der Waals surface area (Å²) in [4.78, 5) is 4.89. The van der Waals surface area contributed by atoms with Crippen LogP contribution in [-0.2, 0) is 6.54 Å². The lowest BCUT2D eigenvalue weighted by Crippen LogP contribution is -2.29. The number of benzene rings is 1. The van der Waals surface area contributed by atoms with Gasteiger partial charge in [0, 0.05) is 17.3 Å². The Labute approximate surface area is 128 Å². The van der Waals surface area contributed by atoms with E-state index in [0.29, 0.717) is 0 Å². The molecule has 0 heterocycles. The van der Waals surface area contributed by atoms with Crippen LogP contribution in [0.25, 0.3) is 0 Å². The van der Waals surface area contributed by atoms with E-state index in [1.807, 2.05) is 18.2 Å². The quantitative estimate of drug-likeness (QED) is 0.708. The molecule has 0 unspecified atom stereocenters. The molecule has 2 N–H and O–H groups in total. The normalized spacial score (nSPS) is 11.5. The first-order chi connectivity index (χ1) is 9.60. The number of rotatable bonds is 9. The molecule has 1 rings (SSSR count). The predicted molar refractivity (Wildman–Crippen MR) is 89.2 cm³/mol. The first kappa shape index (κ1) is 17.3. The second kappa shape index (κ2) is 9.22. The van der Waals surface area contributed by atoms with Gasteiger partial charge in [0.15, 0.2) is 0 Å². The summed E-state index contributed by atoms with van der Waals surface area (Å²) in [6, 6.07) is 5.79. The first-order valence-electron chi connectivity index (χ1n) is 7.59. The fourth-order valence-corrected chi connectivity index (χ4v) is 2.59. The molecule has 0 aliphatic rings. The Morgan fingerprint density at radius 2 is 1.60 bits per heavy atom. The second-order valence-electron chi connectivity index (χ2n) is 5.10. The van der Waals surface area contributed by atoms with Gasteiger partial charge in [0.05, 0.1) is 0 Å². The molecule has 3 nitrogen and oxygen atoms in total. The standard InChI is InChI=1S/C16H28ClN3/c1-4-19(5-2)10-7-11-20(6-3)13-14-8-9-15(18)12-16(14)17/h8-9,12H,4-7,10-11,13,18H2,1-3H3. The summed E-state index contributed by atoms with van der Waals surface area (Å²) >= 11 is 6.25. The van der Waals surface area contributed by atoms with E-state index >= 15 is 0 Å². The second-order valence-corrected chi connectivity index (χ2v) is 5.51. The van der Waals surface area contributed by atoms with E-state index in [2.05, 4.69) is 30.6 Å². The number of nitrogen functional groups attached to an aromatic ring is 1. The summed E-state index contributed by atoms with van der Waals surface area (Å²) in [7, 11) is 0. The molecule has 0 saturated heterocycles. The first-order valence-corrected chi connectivity index (χ1v) is 7.97. The Morgan fingerprint density at radius 1 is 1.00 bits per heavy atom. The van der Waals surface area contributed by atoms with Gasteiger partial charge in [0.2, 0.25) is 0 Å². The van der Waals surface area contributed by atoms with Crippen molar-refractivity contribution in [3.05, 3.63) is 28.8 Å². The van der Waals surface area contributed by atoms with Crippen LogP contribution in [-0.4, -0.2) is 42.5 Å². The summed E-state index contributed by atoms with van der Waals surface area (Å²) in [6.07, 6.45) is 1.20. The zero-order valence-corrected chi connectivity index (χ0v) is 13.8. The fourth-order valence-electron chi connectivity index (χ4n) is 2.34. The molecule has 0 aromatic heterocycles. The number of halogens is 1. The molecule has 0 aliphatic carbocycles. The minimum absolute atomic E-state index is 0.725. The van der Waals surface area contributed by atoms with Crippen LogP contribution >= 0.6 is 11.6 Å². The molecule has 0 atom stereocenters. The Balaban J connectivity index is 2.46. The van der Waals surface area contributed by atoms with Crippen LogP contribution in [0.2, 0.25) is 5.02 Å². The largest absolute Gasteiger partial charge is 0.399 e. The zero-order valence-electron chi connectivity index (χ0n) is 13.0. The molecule has 4 heteroatoms. The van der Waals surface area contributed by atoms with Gasteiger partial charge in [0.1, 0.15) is 0 Å². The van der Waals surface area contributed by atoms with Crippen LogP contribution in [0.15, 0.2) is 18.2 Å². The number of nitrogens with zero attached hydrogens (tertiary/aromatic N) is 2. The minimum Gasteiger partial charge on any atom is -0.399 e. The topological polar surface area (TPSA) is 32.5 Å². The lowest BCUT2D eigenvalue weighted by Gasteiger charge is -2.23. The van der Waals surface area contributed by atoms with Crippen molar-refractivity contribution in [3.63, 3.8) is 0 Å². The minimum atomic E-state index is 0.725. The molecule has 1 aromatic carbocycles. The molecule has 0 radical (unpaired) electrons. The summed E-state index contributed by atoms with van der Waals surface area (Å²) in [6.45, 7) is 13.1. The zero-order chi connectivity index (χ0) is 15.0. The Hall–Kier alpha value is -0.770. The molecular formula is C16H28ClN3. The third-order valence-electron chi connectivity index (χ3n) is 3.76. The third kappa shape index (κ3) is 5.70. The van der Waals surface area contributed by atoms with Crippen molar-refractivity contribution in [1.82, 2.24) is 9.80 Å². The lowest BCUT2D eigenvalue weighted by molar-refractivity contribution is 0.238. The Morgan fingerprint density at radius 3 is 2.15 bits per heavy atom. The highest BCUT2D eigenvalue weighted by atomic mass is 35.5. The van der Waals surface area contributed by atoms with Crippen LogP contribution in [0.5, 0.6) is 0 Å². The molecule has 114 valence electrons. The van der Waals surface area contributed by atoms with Gasteiger partial charge in [-0.1, -0.05) is 38.4 Å². The SMILES string of the molecule is CCN(CC)CCCN(CC)Cc1ccc(N)cc1Cl. The molecule has 0 bridgehead atoms. The van der Waals surface area contributed by atoms with Crippen LogP contribution in [0, 0.1) is 0 Å². The van der Waals surface area contributed by atoms with E-state index < -0.39 is 0 Å². The van der Waals surface area contributed by atoms with Crippen molar-refractivity contribution in [2.24, 2.45) is 0 Å². The van der Waals surface area contributed by atoms with Crippen LogP contribution < -0.4 is 5.73 Å². The van der Waals surface area contributed by atoms with Gasteiger partial charge in [0.25, 0.3) is 0 Å². The van der Waals surface area contributed by atoms with Gasteiger partial charge in [-0.25, -0.2) is 0 Å². The average molecular weight is 298 g/mol. The van der Waals surface area contributed by atoms with Crippen molar-refractivity contribution in [1.29, 1.82) is 0 Å². The molecule has 0 amide bonds. The number of hydrogen-bond acceptors (Lipinski definition) is 3. The maximum Gasteiger partial charge on any atom is 0.0471 e.